The molecule has 2 rings (SSSR count). The average molecular weight is 470 g/mol. The number of alkyl halides is 4. The number of carbonyl (C=O) groups excluding carboxylic acids is 2. The molecule has 0 aromatic heterocycles. The summed E-state index contributed by atoms with van der Waals surface area (Å²) in [5, 5.41) is 5.47. The highest BCUT2D eigenvalue weighted by atomic mass is 35.5. The Kier molecular flexibility index (Phi) is 8.55. The van der Waals surface area contributed by atoms with Crippen LogP contribution >= 0.6 is 11.6 Å². The van der Waals surface area contributed by atoms with E-state index < -0.39 is 23.2 Å². The summed E-state index contributed by atoms with van der Waals surface area (Å²) in [5.74, 6) is -0.0870. The Labute approximate surface area is 190 Å². The standard InChI is InChI=1S/C23H27ClF3N3O2/c1-16-7-4-9-18(13-16)29-21(32)30(12-6-11-28-20(31)22(2,3)15-24)19-10-5-8-17(14-19)23(25,26)27/h4-5,7-10,13-14H,6,11-12,15H2,1-3H3,(H,28,31)(H,29,32). The summed E-state index contributed by atoms with van der Waals surface area (Å²) in [7, 11) is 0. The molecular weight excluding hydrogens is 443 g/mol. The normalized spacial score (nSPS) is 11.7. The lowest BCUT2D eigenvalue weighted by Gasteiger charge is -2.25. The van der Waals surface area contributed by atoms with E-state index in [0.29, 0.717) is 12.1 Å². The van der Waals surface area contributed by atoms with Crippen LogP contribution in [-0.2, 0) is 11.0 Å². The van der Waals surface area contributed by atoms with E-state index in [9.17, 15) is 22.8 Å². The predicted octanol–water partition coefficient (Wildman–Crippen LogP) is 5.82. The monoisotopic (exact) mass is 469 g/mol. The van der Waals surface area contributed by atoms with Gasteiger partial charge < -0.3 is 10.6 Å². The number of urea groups is 1. The average Bonchev–Trinajstić information content (AvgIpc) is 2.72. The van der Waals surface area contributed by atoms with Crippen LogP contribution in [0.25, 0.3) is 0 Å². The number of amides is 3. The van der Waals surface area contributed by atoms with Gasteiger partial charge in [-0.15, -0.1) is 11.6 Å². The van der Waals surface area contributed by atoms with E-state index in [1.807, 2.05) is 13.0 Å². The Morgan fingerprint density at radius 2 is 1.75 bits per heavy atom. The Bertz CT molecular complexity index is 948. The van der Waals surface area contributed by atoms with Crippen LogP contribution in [0.3, 0.4) is 0 Å². The molecule has 0 aliphatic heterocycles. The number of hydrogen-bond acceptors (Lipinski definition) is 2. The molecule has 2 N–H and O–H groups in total. The molecule has 2 aromatic rings. The smallest absolute Gasteiger partial charge is 0.356 e. The van der Waals surface area contributed by atoms with Gasteiger partial charge in [0, 0.05) is 30.3 Å². The van der Waals surface area contributed by atoms with Crippen LogP contribution in [-0.4, -0.2) is 30.9 Å². The molecule has 0 saturated heterocycles. The van der Waals surface area contributed by atoms with Crippen molar-refractivity contribution in [2.75, 3.05) is 29.2 Å². The van der Waals surface area contributed by atoms with Crippen molar-refractivity contribution < 1.29 is 22.8 Å². The maximum atomic E-state index is 13.2. The zero-order chi connectivity index (χ0) is 23.9. The van der Waals surface area contributed by atoms with E-state index in [1.165, 1.54) is 17.0 Å². The maximum Gasteiger partial charge on any atom is 0.416 e. The Hall–Kier alpha value is -2.74. The molecule has 5 nitrogen and oxygen atoms in total. The highest BCUT2D eigenvalue weighted by molar-refractivity contribution is 6.19. The molecule has 0 aliphatic rings. The quantitative estimate of drug-likeness (QED) is 0.378. The summed E-state index contributed by atoms with van der Waals surface area (Å²) in [6.45, 7) is 5.62. The molecule has 32 heavy (non-hydrogen) atoms. The number of hydrogen-bond donors (Lipinski definition) is 2. The summed E-state index contributed by atoms with van der Waals surface area (Å²) in [6.07, 6.45) is -4.20. The van der Waals surface area contributed by atoms with E-state index in [4.69, 9.17) is 11.6 Å². The van der Waals surface area contributed by atoms with Crippen molar-refractivity contribution in [3.63, 3.8) is 0 Å². The molecule has 174 valence electrons. The predicted molar refractivity (Wildman–Crippen MR) is 121 cm³/mol. The summed E-state index contributed by atoms with van der Waals surface area (Å²) in [4.78, 5) is 26.3. The number of nitrogens with one attached hydrogen (secondary N) is 2. The van der Waals surface area contributed by atoms with Gasteiger partial charge in [-0.2, -0.15) is 13.2 Å². The summed E-state index contributed by atoms with van der Waals surface area (Å²) >= 11 is 5.80. The van der Waals surface area contributed by atoms with Crippen LogP contribution in [0.4, 0.5) is 29.3 Å². The van der Waals surface area contributed by atoms with Gasteiger partial charge in [-0.1, -0.05) is 18.2 Å². The SMILES string of the molecule is Cc1cccc(NC(=O)N(CCCNC(=O)C(C)(C)CCl)c2cccc(C(F)(F)F)c2)c1. The molecule has 0 bridgehead atoms. The third-order valence-corrected chi connectivity index (χ3v) is 5.46. The molecule has 0 atom stereocenters. The van der Waals surface area contributed by atoms with Crippen molar-refractivity contribution in [1.29, 1.82) is 0 Å². The van der Waals surface area contributed by atoms with E-state index in [2.05, 4.69) is 10.6 Å². The maximum absolute atomic E-state index is 13.2. The summed E-state index contributed by atoms with van der Waals surface area (Å²) < 4.78 is 39.6. The molecular formula is C23H27ClF3N3O2. The lowest BCUT2D eigenvalue weighted by atomic mass is 9.95. The van der Waals surface area contributed by atoms with Crippen LogP contribution in [0.15, 0.2) is 48.5 Å². The number of halogens is 4. The van der Waals surface area contributed by atoms with Gasteiger partial charge in [0.05, 0.1) is 11.0 Å². The van der Waals surface area contributed by atoms with Crippen molar-refractivity contribution in [3.8, 4) is 0 Å². The van der Waals surface area contributed by atoms with Gasteiger partial charge in [0.2, 0.25) is 5.91 Å². The highest BCUT2D eigenvalue weighted by Gasteiger charge is 2.31. The Morgan fingerprint density at radius 3 is 2.38 bits per heavy atom. The number of nitrogens with zero attached hydrogens (tertiary/aromatic N) is 1. The van der Waals surface area contributed by atoms with E-state index in [1.54, 1.807) is 32.0 Å². The van der Waals surface area contributed by atoms with Crippen molar-refractivity contribution in [2.24, 2.45) is 5.41 Å². The molecule has 0 radical (unpaired) electrons. The third kappa shape index (κ3) is 7.15. The fourth-order valence-corrected chi connectivity index (χ4v) is 2.97. The van der Waals surface area contributed by atoms with Gasteiger partial charge in [-0.3, -0.25) is 9.69 Å². The van der Waals surface area contributed by atoms with Gasteiger partial charge in [-0.25, -0.2) is 4.79 Å². The minimum atomic E-state index is -4.53. The minimum Gasteiger partial charge on any atom is -0.356 e. The first-order valence-corrected chi connectivity index (χ1v) is 10.6. The number of carbonyl (C=O) groups is 2. The second-order valence-corrected chi connectivity index (χ2v) is 8.39. The van der Waals surface area contributed by atoms with Crippen molar-refractivity contribution in [1.82, 2.24) is 5.32 Å². The van der Waals surface area contributed by atoms with E-state index in [0.717, 1.165) is 17.7 Å². The molecule has 0 aliphatic carbocycles. The van der Waals surface area contributed by atoms with E-state index in [-0.39, 0.29) is 30.6 Å². The second kappa shape index (κ2) is 10.7. The lowest BCUT2D eigenvalue weighted by molar-refractivity contribution is -0.137. The zero-order valence-electron chi connectivity index (χ0n) is 18.2. The Balaban J connectivity index is 2.17. The molecule has 3 amide bonds. The highest BCUT2D eigenvalue weighted by Crippen LogP contribution is 2.32. The van der Waals surface area contributed by atoms with Gasteiger partial charge in [0.25, 0.3) is 0 Å². The van der Waals surface area contributed by atoms with Crippen LogP contribution in [0, 0.1) is 12.3 Å². The zero-order valence-corrected chi connectivity index (χ0v) is 19.0. The first-order chi connectivity index (χ1) is 14.9. The molecule has 0 spiro atoms. The van der Waals surface area contributed by atoms with Gasteiger partial charge in [-0.05, 0) is 63.1 Å². The fraction of sp³-hybridized carbons (Fsp3) is 0.391. The first kappa shape index (κ1) is 25.5. The van der Waals surface area contributed by atoms with E-state index >= 15 is 0 Å². The van der Waals surface area contributed by atoms with Crippen molar-refractivity contribution >= 4 is 34.9 Å². The molecule has 0 saturated carbocycles. The largest absolute Gasteiger partial charge is 0.416 e. The first-order valence-electron chi connectivity index (χ1n) is 10.1. The number of anilines is 2. The Morgan fingerprint density at radius 1 is 1.06 bits per heavy atom. The number of benzene rings is 2. The molecule has 0 unspecified atom stereocenters. The molecule has 0 heterocycles. The van der Waals surface area contributed by atoms with Crippen LogP contribution in [0.1, 0.15) is 31.4 Å². The van der Waals surface area contributed by atoms with Crippen LogP contribution in [0.2, 0.25) is 0 Å². The molecule has 2 aromatic carbocycles. The summed E-state index contributed by atoms with van der Waals surface area (Å²) in [5.41, 5.74) is -0.0229. The van der Waals surface area contributed by atoms with Crippen LogP contribution < -0.4 is 15.5 Å². The van der Waals surface area contributed by atoms with Crippen molar-refractivity contribution in [2.45, 2.75) is 33.4 Å². The van der Waals surface area contributed by atoms with Gasteiger partial charge >= 0.3 is 12.2 Å². The lowest BCUT2D eigenvalue weighted by Crippen LogP contribution is -2.41. The third-order valence-electron chi connectivity index (χ3n) is 4.79. The number of rotatable bonds is 8. The topological polar surface area (TPSA) is 61.4 Å². The van der Waals surface area contributed by atoms with Crippen molar-refractivity contribution in [3.05, 3.63) is 59.7 Å². The van der Waals surface area contributed by atoms with Crippen LogP contribution in [0.5, 0.6) is 0 Å². The van der Waals surface area contributed by atoms with Gasteiger partial charge in [0.1, 0.15) is 0 Å². The number of aryl methyl sites for hydroxylation is 1. The summed E-state index contributed by atoms with van der Waals surface area (Å²) in [6, 6.07) is 11.1. The molecule has 0 fully saturated rings. The minimum absolute atomic E-state index is 0.0978. The van der Waals surface area contributed by atoms with Gasteiger partial charge in [0.15, 0.2) is 0 Å². The second-order valence-electron chi connectivity index (χ2n) is 8.13. The fourth-order valence-electron chi connectivity index (χ4n) is 2.85. The molecule has 9 heteroatoms.